The van der Waals surface area contributed by atoms with Gasteiger partial charge in [0.05, 0.1) is 10.5 Å². The summed E-state index contributed by atoms with van der Waals surface area (Å²) in [6.45, 7) is 0. The van der Waals surface area contributed by atoms with Crippen LogP contribution in [0.1, 0.15) is 11.1 Å². The molecule has 0 N–H and O–H groups in total. The smallest absolute Gasteiger partial charge is 0.312 e. The molecule has 1 aromatic carbocycles. The van der Waals surface area contributed by atoms with E-state index in [1.165, 1.54) is 24.3 Å². The van der Waals surface area contributed by atoms with Gasteiger partial charge >= 0.3 is 5.97 Å². The number of nitrogens with zero attached hydrogens (tertiary/aromatic N) is 3. The van der Waals surface area contributed by atoms with E-state index in [2.05, 4.69) is 10.1 Å². The zero-order valence-electron chi connectivity index (χ0n) is 11.2. The molecule has 0 unspecified atom stereocenters. The second-order valence-electron chi connectivity index (χ2n) is 4.47. The average molecular weight is 295 g/mol. The standard InChI is InChI=1S/C15H9N3O4/c19-15-13(8-10-2-1-7-16-9-10)14(17-22-15)11-3-5-12(6-4-11)18(20)21/h1-9H. The summed E-state index contributed by atoms with van der Waals surface area (Å²) in [4.78, 5) is 30.7. The van der Waals surface area contributed by atoms with E-state index in [1.54, 1.807) is 30.6 Å². The first-order valence-electron chi connectivity index (χ1n) is 6.31. The lowest BCUT2D eigenvalue weighted by Crippen LogP contribution is -2.07. The van der Waals surface area contributed by atoms with Crippen LogP contribution in [0.25, 0.3) is 6.08 Å². The summed E-state index contributed by atoms with van der Waals surface area (Å²) in [6, 6.07) is 9.28. The second kappa shape index (κ2) is 5.57. The van der Waals surface area contributed by atoms with E-state index in [4.69, 9.17) is 4.84 Å². The van der Waals surface area contributed by atoms with Gasteiger partial charge in [-0.2, -0.15) is 0 Å². The molecule has 2 aromatic rings. The lowest BCUT2D eigenvalue weighted by Gasteiger charge is -2.00. The molecule has 0 saturated carbocycles. The highest BCUT2D eigenvalue weighted by atomic mass is 16.7. The van der Waals surface area contributed by atoms with Crippen molar-refractivity contribution in [1.29, 1.82) is 0 Å². The Morgan fingerprint density at radius 1 is 1.18 bits per heavy atom. The number of carbonyl (C=O) groups excluding carboxylic acids is 1. The molecule has 0 aliphatic carbocycles. The van der Waals surface area contributed by atoms with Crippen molar-refractivity contribution in [2.75, 3.05) is 0 Å². The fraction of sp³-hybridized carbons (Fsp3) is 0. The first-order chi connectivity index (χ1) is 10.6. The molecule has 1 aromatic heterocycles. The summed E-state index contributed by atoms with van der Waals surface area (Å²) in [5.41, 5.74) is 1.87. The van der Waals surface area contributed by atoms with E-state index >= 15 is 0 Å². The summed E-state index contributed by atoms with van der Waals surface area (Å²) in [6.07, 6.45) is 4.84. The van der Waals surface area contributed by atoms with Crippen molar-refractivity contribution in [3.63, 3.8) is 0 Å². The monoisotopic (exact) mass is 295 g/mol. The van der Waals surface area contributed by atoms with Gasteiger partial charge < -0.3 is 4.84 Å². The molecule has 0 spiro atoms. The Hall–Kier alpha value is -3.35. The number of carbonyl (C=O) groups is 1. The van der Waals surface area contributed by atoms with Crippen molar-refractivity contribution in [2.45, 2.75) is 0 Å². The highest BCUT2D eigenvalue weighted by Crippen LogP contribution is 2.22. The molecule has 7 heteroatoms. The predicted molar refractivity (Wildman–Crippen MR) is 77.9 cm³/mol. The number of oxime groups is 1. The zero-order chi connectivity index (χ0) is 15.5. The third kappa shape index (κ3) is 2.59. The minimum Gasteiger partial charge on any atom is -0.312 e. The Balaban J connectivity index is 1.97. The van der Waals surface area contributed by atoms with Gasteiger partial charge in [-0.3, -0.25) is 15.1 Å². The quantitative estimate of drug-likeness (QED) is 0.375. The molecular formula is C15H9N3O4. The molecule has 0 fully saturated rings. The number of hydrogen-bond donors (Lipinski definition) is 0. The molecule has 1 aliphatic heterocycles. The second-order valence-corrected chi connectivity index (χ2v) is 4.47. The van der Waals surface area contributed by atoms with Gasteiger partial charge in [0.25, 0.3) is 5.69 Å². The minimum atomic E-state index is -0.572. The highest BCUT2D eigenvalue weighted by Gasteiger charge is 2.27. The van der Waals surface area contributed by atoms with E-state index in [9.17, 15) is 14.9 Å². The third-order valence-corrected chi connectivity index (χ3v) is 3.04. The van der Waals surface area contributed by atoms with Crippen LogP contribution in [0.3, 0.4) is 0 Å². The molecule has 1 aliphatic rings. The van der Waals surface area contributed by atoms with Crippen LogP contribution in [0.5, 0.6) is 0 Å². The first kappa shape index (κ1) is 13.6. The van der Waals surface area contributed by atoms with Crippen molar-refractivity contribution in [3.8, 4) is 0 Å². The fourth-order valence-electron chi connectivity index (χ4n) is 1.99. The summed E-state index contributed by atoms with van der Waals surface area (Å²) in [5, 5.41) is 14.4. The first-order valence-corrected chi connectivity index (χ1v) is 6.31. The topological polar surface area (TPSA) is 94.7 Å². The maximum absolute atomic E-state index is 11.8. The summed E-state index contributed by atoms with van der Waals surface area (Å²) in [5.74, 6) is -0.572. The Morgan fingerprint density at radius 3 is 2.59 bits per heavy atom. The minimum absolute atomic E-state index is 0.0348. The number of benzene rings is 1. The van der Waals surface area contributed by atoms with Gasteiger partial charge in [0.2, 0.25) is 0 Å². The van der Waals surface area contributed by atoms with E-state index in [0.717, 1.165) is 5.56 Å². The van der Waals surface area contributed by atoms with Crippen LogP contribution in [0.4, 0.5) is 5.69 Å². The number of non-ortho nitro benzene ring substituents is 1. The molecular weight excluding hydrogens is 286 g/mol. The maximum atomic E-state index is 11.8. The SMILES string of the molecule is O=C1ON=C(c2ccc([N+](=O)[O-])cc2)C1=Cc1cccnc1. The molecule has 0 saturated heterocycles. The van der Waals surface area contributed by atoms with Gasteiger partial charge in [-0.25, -0.2) is 4.79 Å². The van der Waals surface area contributed by atoms with Crippen molar-refractivity contribution >= 4 is 23.4 Å². The van der Waals surface area contributed by atoms with Crippen LogP contribution < -0.4 is 0 Å². The number of rotatable bonds is 3. The zero-order valence-corrected chi connectivity index (χ0v) is 11.2. The summed E-state index contributed by atoms with van der Waals surface area (Å²) < 4.78 is 0. The van der Waals surface area contributed by atoms with Gasteiger partial charge in [-0.05, 0) is 29.8 Å². The molecule has 0 radical (unpaired) electrons. The highest BCUT2D eigenvalue weighted by molar-refractivity contribution is 6.31. The van der Waals surface area contributed by atoms with Crippen molar-refractivity contribution in [2.24, 2.45) is 5.16 Å². The molecule has 108 valence electrons. The number of aromatic nitrogens is 1. The van der Waals surface area contributed by atoms with Gasteiger partial charge in [0.1, 0.15) is 5.71 Å². The fourth-order valence-corrected chi connectivity index (χ4v) is 1.99. The largest absolute Gasteiger partial charge is 0.368 e. The van der Waals surface area contributed by atoms with Crippen LogP contribution in [-0.4, -0.2) is 21.6 Å². The molecule has 7 nitrogen and oxygen atoms in total. The Kier molecular flexibility index (Phi) is 3.45. The summed E-state index contributed by atoms with van der Waals surface area (Å²) in [7, 11) is 0. The van der Waals surface area contributed by atoms with Gasteiger partial charge in [0.15, 0.2) is 0 Å². The lowest BCUT2D eigenvalue weighted by molar-refractivity contribution is -0.384. The molecule has 22 heavy (non-hydrogen) atoms. The molecule has 3 rings (SSSR count). The van der Waals surface area contributed by atoms with Crippen LogP contribution >= 0.6 is 0 Å². The van der Waals surface area contributed by atoms with Crippen molar-refractivity contribution in [3.05, 3.63) is 75.6 Å². The molecule has 0 amide bonds. The average Bonchev–Trinajstić information content (AvgIpc) is 2.89. The number of pyridine rings is 1. The Bertz CT molecular complexity index is 795. The molecule has 2 heterocycles. The van der Waals surface area contributed by atoms with E-state index in [1.807, 2.05) is 0 Å². The number of hydrogen-bond acceptors (Lipinski definition) is 6. The predicted octanol–water partition coefficient (Wildman–Crippen LogP) is 2.33. The van der Waals surface area contributed by atoms with E-state index in [-0.39, 0.29) is 11.3 Å². The lowest BCUT2D eigenvalue weighted by atomic mass is 10.0. The van der Waals surface area contributed by atoms with Crippen LogP contribution in [0.15, 0.2) is 59.5 Å². The maximum Gasteiger partial charge on any atom is 0.368 e. The Labute approximate surface area is 124 Å². The van der Waals surface area contributed by atoms with Crippen LogP contribution in [0.2, 0.25) is 0 Å². The van der Waals surface area contributed by atoms with Crippen molar-refractivity contribution < 1.29 is 14.6 Å². The van der Waals surface area contributed by atoms with Crippen molar-refractivity contribution in [1.82, 2.24) is 4.98 Å². The molecule has 0 atom stereocenters. The van der Waals surface area contributed by atoms with Gasteiger partial charge in [-0.1, -0.05) is 11.2 Å². The van der Waals surface area contributed by atoms with Crippen LogP contribution in [-0.2, 0) is 9.63 Å². The van der Waals surface area contributed by atoms with Crippen LogP contribution in [0, 0.1) is 10.1 Å². The van der Waals surface area contributed by atoms with E-state index in [0.29, 0.717) is 11.3 Å². The van der Waals surface area contributed by atoms with Gasteiger partial charge in [0, 0.05) is 30.1 Å². The summed E-state index contributed by atoms with van der Waals surface area (Å²) >= 11 is 0. The molecule has 0 bridgehead atoms. The number of nitro groups is 1. The van der Waals surface area contributed by atoms with Gasteiger partial charge in [-0.15, -0.1) is 0 Å². The third-order valence-electron chi connectivity index (χ3n) is 3.04. The Morgan fingerprint density at radius 2 is 1.95 bits per heavy atom. The number of nitro benzene ring substituents is 1. The van der Waals surface area contributed by atoms with E-state index < -0.39 is 10.9 Å². The normalized spacial score (nSPS) is 15.5.